The minimum atomic E-state index is -0.581. The molecule has 4 aromatic carbocycles. The van der Waals surface area contributed by atoms with Crippen molar-refractivity contribution in [1.29, 1.82) is 0 Å². The molecule has 9 heteroatoms. The van der Waals surface area contributed by atoms with Crippen LogP contribution >= 0.6 is 0 Å². The number of carbonyl (C=O) groups excluding carboxylic acids is 2. The van der Waals surface area contributed by atoms with Gasteiger partial charge in [-0.15, -0.1) is 0 Å². The van der Waals surface area contributed by atoms with Crippen molar-refractivity contribution in [3.8, 4) is 11.1 Å². The molecular formula is C39H45N3O6. The number of aliphatic hydroxyl groups is 1. The van der Waals surface area contributed by atoms with E-state index >= 15 is 0 Å². The van der Waals surface area contributed by atoms with Crippen molar-refractivity contribution in [2.24, 2.45) is 0 Å². The summed E-state index contributed by atoms with van der Waals surface area (Å²) in [6.45, 7) is 3.29. The van der Waals surface area contributed by atoms with Crippen molar-refractivity contribution in [2.75, 3.05) is 13.6 Å². The molecule has 0 saturated carbocycles. The third-order valence-electron chi connectivity index (χ3n) is 8.89. The maximum absolute atomic E-state index is 12.3. The fourth-order valence-electron chi connectivity index (χ4n) is 5.98. The molecule has 252 valence electrons. The number of hydrogen-bond acceptors (Lipinski definition) is 7. The zero-order valence-electron chi connectivity index (χ0n) is 27.5. The van der Waals surface area contributed by atoms with Crippen molar-refractivity contribution in [3.05, 3.63) is 131 Å². The molecule has 0 aliphatic carbocycles. The van der Waals surface area contributed by atoms with Gasteiger partial charge in [0.05, 0.1) is 18.8 Å². The van der Waals surface area contributed by atoms with Crippen LogP contribution in [0.2, 0.25) is 0 Å². The van der Waals surface area contributed by atoms with Gasteiger partial charge < -0.3 is 19.9 Å². The Labute approximate surface area is 282 Å². The maximum Gasteiger partial charge on any atom is 0.243 e. The molecule has 5 rings (SSSR count). The van der Waals surface area contributed by atoms with E-state index in [1.165, 1.54) is 5.56 Å². The number of amides is 2. The highest BCUT2D eigenvalue weighted by molar-refractivity contribution is 5.78. The Hall–Kier alpha value is -4.38. The molecule has 1 heterocycles. The second-order valence-electron chi connectivity index (χ2n) is 12.4. The maximum atomic E-state index is 12.3. The highest BCUT2D eigenvalue weighted by Crippen LogP contribution is 2.39. The first-order valence-electron chi connectivity index (χ1n) is 16.5. The van der Waals surface area contributed by atoms with Gasteiger partial charge in [0, 0.05) is 44.0 Å². The van der Waals surface area contributed by atoms with Crippen LogP contribution in [0.3, 0.4) is 0 Å². The van der Waals surface area contributed by atoms with Crippen LogP contribution in [0.1, 0.15) is 78.9 Å². The van der Waals surface area contributed by atoms with Crippen LogP contribution in [-0.2, 0) is 32.2 Å². The number of hydrogen-bond donors (Lipinski definition) is 4. The first-order valence-corrected chi connectivity index (χ1v) is 16.5. The second kappa shape index (κ2) is 17.1. The third-order valence-corrected chi connectivity index (χ3v) is 8.89. The summed E-state index contributed by atoms with van der Waals surface area (Å²) in [4.78, 5) is 25.8. The lowest BCUT2D eigenvalue weighted by molar-refractivity contribution is -0.253. The lowest BCUT2D eigenvalue weighted by atomic mass is 9.98. The number of rotatable bonds is 14. The monoisotopic (exact) mass is 651 g/mol. The highest BCUT2D eigenvalue weighted by atomic mass is 16.7. The quantitative estimate of drug-likeness (QED) is 0.0923. The zero-order valence-corrected chi connectivity index (χ0v) is 27.5. The number of aliphatic hydroxyl groups excluding tert-OH is 1. The normalized spacial score (nSPS) is 18.3. The molecule has 1 fully saturated rings. The Balaban J connectivity index is 1.31. The molecule has 4 unspecified atom stereocenters. The molecule has 4 N–H and O–H groups in total. The van der Waals surface area contributed by atoms with Crippen LogP contribution in [0.25, 0.3) is 11.1 Å². The summed E-state index contributed by atoms with van der Waals surface area (Å²) in [6, 6.07) is 34.8. The van der Waals surface area contributed by atoms with Crippen molar-refractivity contribution >= 4 is 11.8 Å². The van der Waals surface area contributed by atoms with Crippen LogP contribution in [0, 0.1) is 0 Å². The smallest absolute Gasteiger partial charge is 0.243 e. The summed E-state index contributed by atoms with van der Waals surface area (Å²) < 4.78 is 13.3. The number of carbonyl (C=O) groups is 2. The predicted molar refractivity (Wildman–Crippen MR) is 183 cm³/mol. The summed E-state index contributed by atoms with van der Waals surface area (Å²) in [6.07, 6.45) is 0.488. The van der Waals surface area contributed by atoms with E-state index in [0.717, 1.165) is 39.9 Å². The van der Waals surface area contributed by atoms with Crippen molar-refractivity contribution in [1.82, 2.24) is 15.7 Å². The van der Waals surface area contributed by atoms with Gasteiger partial charge in [-0.05, 0) is 65.9 Å². The van der Waals surface area contributed by atoms with Gasteiger partial charge in [-0.2, -0.15) is 0 Å². The Morgan fingerprint density at radius 1 is 0.833 bits per heavy atom. The summed E-state index contributed by atoms with van der Waals surface area (Å²) >= 11 is 0. The number of nitrogens with one attached hydrogen (secondary N) is 2. The summed E-state index contributed by atoms with van der Waals surface area (Å²) in [5, 5.41) is 21.1. The second-order valence-corrected chi connectivity index (χ2v) is 12.4. The van der Waals surface area contributed by atoms with Crippen LogP contribution in [0.15, 0.2) is 103 Å². The molecule has 1 aliphatic heterocycles. The minimum Gasteiger partial charge on any atom is -0.392 e. The molecule has 0 radical (unpaired) electrons. The van der Waals surface area contributed by atoms with Gasteiger partial charge in [-0.1, -0.05) is 91.0 Å². The Morgan fingerprint density at radius 3 is 2.27 bits per heavy atom. The van der Waals surface area contributed by atoms with Gasteiger partial charge in [0.2, 0.25) is 11.8 Å². The molecule has 0 aromatic heterocycles. The molecule has 4 atom stereocenters. The molecule has 1 saturated heterocycles. The van der Waals surface area contributed by atoms with Gasteiger partial charge >= 0.3 is 0 Å². The van der Waals surface area contributed by atoms with Gasteiger partial charge in [0.25, 0.3) is 0 Å². The molecule has 4 aromatic rings. The molecule has 0 spiro atoms. The first-order chi connectivity index (χ1) is 23.3. The number of benzene rings is 4. The standard InChI is InChI=1S/C39H45N3O6/c1-27(30-10-4-3-5-11-30)42(2)25-35-23-36(31-19-17-28(26-43)18-20-31)48-39(47-35)34-14-7-13-33(22-34)32-12-6-9-29(21-32)24-40-37(44)15-8-16-38(45)41-46/h3-7,9-14,17-22,27,35-36,39,43,46H,8,15-16,23-26H2,1-2H3,(H,40,44)(H,41,45). The molecule has 2 amide bonds. The molecule has 48 heavy (non-hydrogen) atoms. The number of nitrogens with zero attached hydrogens (tertiary/aromatic N) is 1. The summed E-state index contributed by atoms with van der Waals surface area (Å²) in [5.74, 6) is -0.659. The molecule has 0 bridgehead atoms. The first kappa shape index (κ1) is 34.9. The van der Waals surface area contributed by atoms with E-state index in [-0.39, 0.29) is 43.6 Å². The lowest BCUT2D eigenvalue weighted by Crippen LogP contribution is -2.38. The minimum absolute atomic E-state index is 0.00575. The zero-order chi connectivity index (χ0) is 33.9. The lowest BCUT2D eigenvalue weighted by Gasteiger charge is -2.39. The van der Waals surface area contributed by atoms with E-state index in [4.69, 9.17) is 14.7 Å². The van der Waals surface area contributed by atoms with Crippen LogP contribution < -0.4 is 10.8 Å². The van der Waals surface area contributed by atoms with Gasteiger partial charge in [0.1, 0.15) is 0 Å². The van der Waals surface area contributed by atoms with Crippen LogP contribution in [-0.4, -0.2) is 46.7 Å². The van der Waals surface area contributed by atoms with Gasteiger partial charge in [-0.25, -0.2) is 5.48 Å². The van der Waals surface area contributed by atoms with Crippen LogP contribution in [0.5, 0.6) is 0 Å². The van der Waals surface area contributed by atoms with E-state index in [1.54, 1.807) is 5.48 Å². The van der Waals surface area contributed by atoms with Crippen LogP contribution in [0.4, 0.5) is 0 Å². The van der Waals surface area contributed by atoms with E-state index in [2.05, 4.69) is 60.6 Å². The summed E-state index contributed by atoms with van der Waals surface area (Å²) in [7, 11) is 2.13. The average Bonchev–Trinajstić information content (AvgIpc) is 3.14. The number of hydroxylamine groups is 1. The van der Waals surface area contributed by atoms with Crippen molar-refractivity contribution in [3.63, 3.8) is 0 Å². The fraction of sp³-hybridized carbons (Fsp3) is 0.333. The topological polar surface area (TPSA) is 120 Å². The van der Waals surface area contributed by atoms with E-state index in [9.17, 15) is 14.7 Å². The molecular weight excluding hydrogens is 606 g/mol. The highest BCUT2D eigenvalue weighted by Gasteiger charge is 2.33. The SMILES string of the molecule is CC(c1ccccc1)N(C)CC1CC(c2ccc(CO)cc2)OC(c2cccc(-c3cccc(CNC(=O)CCCC(=O)NO)c3)c2)O1. The molecule has 9 nitrogen and oxygen atoms in total. The summed E-state index contributed by atoms with van der Waals surface area (Å²) in [5.41, 5.74) is 8.61. The number of ether oxygens (including phenoxy) is 2. The Bertz CT molecular complexity index is 1630. The Morgan fingerprint density at radius 2 is 1.54 bits per heavy atom. The third kappa shape index (κ3) is 9.59. The molecule has 1 aliphatic rings. The van der Waals surface area contributed by atoms with E-state index < -0.39 is 12.2 Å². The largest absolute Gasteiger partial charge is 0.392 e. The van der Waals surface area contributed by atoms with Gasteiger partial charge in [-0.3, -0.25) is 19.7 Å². The van der Waals surface area contributed by atoms with Crippen molar-refractivity contribution < 1.29 is 29.4 Å². The van der Waals surface area contributed by atoms with E-state index in [1.807, 2.05) is 66.7 Å². The number of likely N-dealkylation sites (N-methyl/N-ethyl adjacent to an activating group) is 1. The van der Waals surface area contributed by atoms with E-state index in [0.29, 0.717) is 19.4 Å². The van der Waals surface area contributed by atoms with Crippen molar-refractivity contribution in [2.45, 2.75) is 70.3 Å². The fourth-order valence-corrected chi connectivity index (χ4v) is 5.98. The Kier molecular flexibility index (Phi) is 12.5. The predicted octanol–water partition coefficient (Wildman–Crippen LogP) is 6.38. The van der Waals surface area contributed by atoms with Gasteiger partial charge in [0.15, 0.2) is 6.29 Å². The average molecular weight is 652 g/mol.